The molecule has 27 heavy (non-hydrogen) atoms. The van der Waals surface area contributed by atoms with E-state index in [4.69, 9.17) is 9.47 Å². The molecule has 0 unspecified atom stereocenters. The average Bonchev–Trinajstić information content (AvgIpc) is 2.62. The largest absolute Gasteiger partial charge is 0.375 e. The molecule has 0 N–H and O–H groups in total. The monoisotopic (exact) mass is 376 g/mol. The fraction of sp³-hybridized carbons (Fsp3) is 0.739. The minimum atomic E-state index is -0.131. The van der Waals surface area contributed by atoms with Crippen LogP contribution < -0.4 is 4.90 Å². The molecule has 0 saturated carbocycles. The Morgan fingerprint density at radius 2 is 1.44 bits per heavy atom. The number of aryl methyl sites for hydroxylation is 1. The van der Waals surface area contributed by atoms with Gasteiger partial charge in [0.1, 0.15) is 0 Å². The predicted molar refractivity (Wildman–Crippen MR) is 115 cm³/mol. The van der Waals surface area contributed by atoms with Gasteiger partial charge in [-0.2, -0.15) is 0 Å². The van der Waals surface area contributed by atoms with Crippen LogP contribution in [-0.4, -0.2) is 62.0 Å². The summed E-state index contributed by atoms with van der Waals surface area (Å²) in [6.45, 7) is 19.9. The van der Waals surface area contributed by atoms with Crippen LogP contribution in [-0.2, 0) is 9.47 Å². The van der Waals surface area contributed by atoms with Crippen molar-refractivity contribution in [3.05, 3.63) is 29.8 Å². The second kappa shape index (κ2) is 9.90. The summed E-state index contributed by atoms with van der Waals surface area (Å²) in [5.41, 5.74) is 2.49. The molecule has 0 spiro atoms. The van der Waals surface area contributed by atoms with Crippen LogP contribution in [0.25, 0.3) is 0 Å². The summed E-state index contributed by atoms with van der Waals surface area (Å²) in [6, 6.07) is 8.86. The van der Waals surface area contributed by atoms with Crippen molar-refractivity contribution in [1.29, 1.82) is 0 Å². The molecular weight excluding hydrogens is 336 g/mol. The highest BCUT2D eigenvalue weighted by Crippen LogP contribution is 2.20. The normalized spacial score (nSPS) is 16.7. The highest BCUT2D eigenvalue weighted by molar-refractivity contribution is 5.47. The molecule has 1 fully saturated rings. The van der Waals surface area contributed by atoms with E-state index in [-0.39, 0.29) is 11.2 Å². The molecule has 0 amide bonds. The van der Waals surface area contributed by atoms with Gasteiger partial charge in [-0.1, -0.05) is 24.6 Å². The molecule has 2 rings (SSSR count). The van der Waals surface area contributed by atoms with Crippen molar-refractivity contribution in [2.75, 3.05) is 50.8 Å². The van der Waals surface area contributed by atoms with Crippen LogP contribution in [0.15, 0.2) is 24.3 Å². The molecular formula is C23H40N2O2. The molecule has 1 aromatic rings. The Hall–Kier alpha value is -1.10. The molecule has 4 heteroatoms. The number of ether oxygens (including phenoxy) is 2. The Balaban J connectivity index is 1.64. The Bertz CT molecular complexity index is 546. The lowest BCUT2D eigenvalue weighted by atomic mass is 10.0. The van der Waals surface area contributed by atoms with E-state index in [0.717, 1.165) is 58.8 Å². The molecule has 0 aliphatic carbocycles. The van der Waals surface area contributed by atoms with Crippen LogP contribution in [0, 0.1) is 6.92 Å². The summed E-state index contributed by atoms with van der Waals surface area (Å²) in [5.74, 6) is 0. The Morgan fingerprint density at radius 1 is 0.852 bits per heavy atom. The second-order valence-electron chi connectivity index (χ2n) is 8.98. The lowest BCUT2D eigenvalue weighted by Gasteiger charge is -2.36. The maximum atomic E-state index is 6.17. The van der Waals surface area contributed by atoms with E-state index in [1.807, 2.05) is 0 Å². The van der Waals surface area contributed by atoms with Crippen LogP contribution >= 0.6 is 0 Å². The number of hydrogen-bond acceptors (Lipinski definition) is 4. The molecule has 0 radical (unpaired) electrons. The predicted octanol–water partition coefficient (Wildman–Crippen LogP) is 4.51. The van der Waals surface area contributed by atoms with E-state index in [1.165, 1.54) is 11.3 Å². The second-order valence-corrected chi connectivity index (χ2v) is 8.98. The maximum Gasteiger partial charge on any atom is 0.0649 e. The van der Waals surface area contributed by atoms with Gasteiger partial charge >= 0.3 is 0 Å². The van der Waals surface area contributed by atoms with E-state index in [1.54, 1.807) is 0 Å². The van der Waals surface area contributed by atoms with Gasteiger partial charge < -0.3 is 14.4 Å². The molecule has 0 aromatic heterocycles. The van der Waals surface area contributed by atoms with Gasteiger partial charge in [0, 0.05) is 38.4 Å². The number of nitrogens with zero attached hydrogens (tertiary/aromatic N) is 2. The molecule has 1 heterocycles. The van der Waals surface area contributed by atoms with Gasteiger partial charge in [0.25, 0.3) is 0 Å². The Morgan fingerprint density at radius 3 is 2.04 bits per heavy atom. The smallest absolute Gasteiger partial charge is 0.0649 e. The van der Waals surface area contributed by atoms with E-state index in [9.17, 15) is 0 Å². The van der Waals surface area contributed by atoms with Crippen LogP contribution in [0.4, 0.5) is 5.69 Å². The molecule has 154 valence electrons. The molecule has 1 aromatic carbocycles. The molecule has 0 atom stereocenters. The first-order valence-corrected chi connectivity index (χ1v) is 10.5. The van der Waals surface area contributed by atoms with E-state index in [2.05, 4.69) is 75.6 Å². The summed E-state index contributed by atoms with van der Waals surface area (Å²) in [6.07, 6.45) is 1.96. The van der Waals surface area contributed by atoms with E-state index >= 15 is 0 Å². The fourth-order valence-corrected chi connectivity index (χ4v) is 3.18. The summed E-state index contributed by atoms with van der Waals surface area (Å²) in [5, 5.41) is 0. The number of piperazine rings is 1. The zero-order valence-corrected chi connectivity index (χ0v) is 18.4. The standard InChI is InChI=1S/C23H40N2O2/c1-7-22(3,4)26-18-12-23(5,6)27-19-17-24-13-15-25(16-14-24)21-10-8-20(2)9-11-21/h8-11H,7,12-19H2,1-6H3. The summed E-state index contributed by atoms with van der Waals surface area (Å²) in [4.78, 5) is 4.99. The first-order chi connectivity index (χ1) is 12.7. The molecule has 4 nitrogen and oxygen atoms in total. The van der Waals surface area contributed by atoms with Gasteiger partial charge in [-0.05, 0) is 59.6 Å². The SMILES string of the molecule is CCC(C)(C)OCCC(C)(C)OCCN1CCN(c2ccc(C)cc2)CC1. The van der Waals surface area contributed by atoms with Gasteiger partial charge in [0.05, 0.1) is 24.4 Å². The number of rotatable bonds is 10. The summed E-state index contributed by atoms with van der Waals surface area (Å²) >= 11 is 0. The van der Waals surface area contributed by atoms with Gasteiger partial charge in [-0.25, -0.2) is 0 Å². The van der Waals surface area contributed by atoms with Crippen LogP contribution in [0.1, 0.15) is 53.0 Å². The quantitative estimate of drug-likeness (QED) is 0.600. The van der Waals surface area contributed by atoms with Crippen molar-refractivity contribution in [1.82, 2.24) is 4.90 Å². The lowest BCUT2D eigenvalue weighted by molar-refractivity contribution is -0.0760. The molecule has 1 aliphatic rings. The Kier molecular flexibility index (Phi) is 8.14. The number of anilines is 1. The van der Waals surface area contributed by atoms with E-state index < -0.39 is 0 Å². The topological polar surface area (TPSA) is 24.9 Å². The van der Waals surface area contributed by atoms with Crippen LogP contribution in [0.2, 0.25) is 0 Å². The highest BCUT2D eigenvalue weighted by atomic mass is 16.5. The van der Waals surface area contributed by atoms with Gasteiger partial charge in [0.15, 0.2) is 0 Å². The molecule has 1 saturated heterocycles. The van der Waals surface area contributed by atoms with Crippen molar-refractivity contribution in [2.24, 2.45) is 0 Å². The van der Waals surface area contributed by atoms with Crippen molar-refractivity contribution in [3.8, 4) is 0 Å². The molecule has 1 aliphatic heterocycles. The van der Waals surface area contributed by atoms with Crippen molar-refractivity contribution >= 4 is 5.69 Å². The van der Waals surface area contributed by atoms with Crippen LogP contribution in [0.3, 0.4) is 0 Å². The number of benzene rings is 1. The van der Waals surface area contributed by atoms with E-state index in [0.29, 0.717) is 0 Å². The zero-order valence-electron chi connectivity index (χ0n) is 18.4. The average molecular weight is 377 g/mol. The van der Waals surface area contributed by atoms with Crippen LogP contribution in [0.5, 0.6) is 0 Å². The third kappa shape index (κ3) is 7.81. The summed E-state index contributed by atoms with van der Waals surface area (Å²) in [7, 11) is 0. The molecule has 0 bridgehead atoms. The minimum absolute atomic E-state index is 0.0345. The van der Waals surface area contributed by atoms with Crippen molar-refractivity contribution < 1.29 is 9.47 Å². The highest BCUT2D eigenvalue weighted by Gasteiger charge is 2.22. The third-order valence-electron chi connectivity index (χ3n) is 5.72. The van der Waals surface area contributed by atoms with Crippen molar-refractivity contribution in [3.63, 3.8) is 0 Å². The number of hydrogen-bond donors (Lipinski definition) is 0. The first kappa shape index (κ1) is 22.2. The van der Waals surface area contributed by atoms with Gasteiger partial charge in [0.2, 0.25) is 0 Å². The summed E-state index contributed by atoms with van der Waals surface area (Å²) < 4.78 is 12.1. The maximum absolute atomic E-state index is 6.17. The van der Waals surface area contributed by atoms with Gasteiger partial charge in [-0.15, -0.1) is 0 Å². The Labute approximate surface area is 166 Å². The van der Waals surface area contributed by atoms with Gasteiger partial charge in [-0.3, -0.25) is 4.90 Å². The lowest BCUT2D eigenvalue weighted by Crippen LogP contribution is -2.47. The van der Waals surface area contributed by atoms with Crippen molar-refractivity contribution in [2.45, 2.75) is 65.6 Å². The first-order valence-electron chi connectivity index (χ1n) is 10.5. The fourth-order valence-electron chi connectivity index (χ4n) is 3.18. The zero-order chi connectivity index (χ0) is 19.9. The minimum Gasteiger partial charge on any atom is -0.375 e. The third-order valence-corrected chi connectivity index (χ3v) is 5.72.